The van der Waals surface area contributed by atoms with Crippen molar-refractivity contribution in [2.24, 2.45) is 11.8 Å². The highest BCUT2D eigenvalue weighted by Crippen LogP contribution is 2.59. The van der Waals surface area contributed by atoms with E-state index in [-0.39, 0.29) is 118 Å². The molecule has 6 amide bonds. The molecule has 4 saturated heterocycles. The first kappa shape index (κ1) is 77.3. The maximum absolute atomic E-state index is 16.8. The van der Waals surface area contributed by atoms with E-state index in [4.69, 9.17) is 37.9 Å². The van der Waals surface area contributed by atoms with Gasteiger partial charge in [0.05, 0.1) is 73.1 Å². The van der Waals surface area contributed by atoms with Gasteiger partial charge < -0.3 is 48.5 Å². The van der Waals surface area contributed by atoms with Gasteiger partial charge in [-0.3, -0.25) is 48.4 Å². The van der Waals surface area contributed by atoms with Crippen LogP contribution in [0, 0.1) is 11.8 Å². The van der Waals surface area contributed by atoms with Crippen LogP contribution in [0.15, 0.2) is 243 Å². The molecule has 13 aromatic carbocycles. The lowest BCUT2D eigenvalue weighted by atomic mass is 9.80. The van der Waals surface area contributed by atoms with Gasteiger partial charge in [0.25, 0.3) is 23.6 Å². The number of amides is 6. The summed E-state index contributed by atoms with van der Waals surface area (Å²) < 4.78 is 52.5. The second-order valence-electron chi connectivity index (χ2n) is 32.8. The first-order valence-electron chi connectivity index (χ1n) is 41.5. The highest BCUT2D eigenvalue weighted by Gasteiger charge is 2.47. The first-order valence-corrected chi connectivity index (χ1v) is 41.5. The Kier molecular flexibility index (Phi) is 21.2. The minimum absolute atomic E-state index is 0.0323. The maximum Gasteiger partial charge on any atom is 0.262 e. The minimum atomic E-state index is -1.32. The summed E-state index contributed by atoms with van der Waals surface area (Å²) in [4.78, 5) is 105. The number of imide groups is 2. The number of benzene rings is 13. The first-order chi connectivity index (χ1) is 58.6. The third-order valence-electron chi connectivity index (χ3n) is 23.2. The summed E-state index contributed by atoms with van der Waals surface area (Å²) in [6, 6.07) is 74.0. The zero-order chi connectivity index (χ0) is 81.8. The number of nitrogens with one attached hydrogen (secondary N) is 2. The van der Waals surface area contributed by atoms with Crippen LogP contribution in [-0.4, -0.2) is 170 Å². The minimum Gasteiger partial charge on any atom is -0.457 e. The Bertz CT molecular complexity index is 5360. The quantitative estimate of drug-likeness (QED) is 0.0165. The lowest BCUT2D eigenvalue weighted by Gasteiger charge is -2.36. The van der Waals surface area contributed by atoms with Crippen molar-refractivity contribution in [1.82, 2.24) is 30.2 Å². The van der Waals surface area contributed by atoms with Crippen molar-refractivity contribution in [2.75, 3.05) is 78.8 Å². The van der Waals surface area contributed by atoms with Crippen LogP contribution < -0.4 is 29.6 Å². The van der Waals surface area contributed by atoms with Gasteiger partial charge in [-0.15, -0.1) is 0 Å². The van der Waals surface area contributed by atoms with E-state index in [0.717, 1.165) is 54.3 Å². The summed E-state index contributed by atoms with van der Waals surface area (Å²) in [5, 5.41) is 8.49. The molecule has 19 rings (SSSR count). The van der Waals surface area contributed by atoms with Crippen molar-refractivity contribution in [3.8, 4) is 90.5 Å². The molecule has 4 fully saturated rings. The molecular formula is C100H90N6O14. The SMILES string of the molecule is CC(C)CC(C(=O)NCCN(CC1CO1)CC1CO1)N1C(=O)c2cc(Oc3ccc(-c4ccccc4)cc3)c3c4c(Oc5ccc(-c6ccccc6)cc5)cc5c6c(cc(Oc7ccc(-c8ccccc8)cc7)c(c7c(Oc8ccc(-c9ccccc9)cc8)cc(c2c37)C1=O)c64)C(=O)N(C(CC(C)C)C(=O)NCCN(CC1CO1)CC1CO1)C5=O. The summed E-state index contributed by atoms with van der Waals surface area (Å²) in [5.74, 6) is -2.67. The van der Waals surface area contributed by atoms with Crippen LogP contribution in [0.4, 0.5) is 0 Å². The van der Waals surface area contributed by atoms with E-state index in [1.165, 1.54) is 0 Å². The van der Waals surface area contributed by atoms with Gasteiger partial charge in [-0.25, -0.2) is 0 Å². The van der Waals surface area contributed by atoms with Crippen LogP contribution in [0.25, 0.3) is 87.6 Å². The fourth-order valence-electron chi connectivity index (χ4n) is 17.1. The molecule has 6 unspecified atom stereocenters. The molecule has 0 radical (unpaired) electrons. The van der Waals surface area contributed by atoms with E-state index in [0.29, 0.717) is 121 Å². The summed E-state index contributed by atoms with van der Waals surface area (Å²) in [6.45, 7) is 14.4. The average molecular weight is 1600 g/mol. The smallest absolute Gasteiger partial charge is 0.262 e. The molecule has 0 spiro atoms. The van der Waals surface area contributed by atoms with E-state index in [9.17, 15) is 0 Å². The number of hydrogen-bond acceptors (Lipinski definition) is 16. The molecule has 2 N–H and O–H groups in total. The van der Waals surface area contributed by atoms with Crippen molar-refractivity contribution in [2.45, 2.75) is 77.0 Å². The molecule has 0 aromatic heterocycles. The van der Waals surface area contributed by atoms with E-state index >= 15 is 28.8 Å². The summed E-state index contributed by atoms with van der Waals surface area (Å²) in [7, 11) is 0. The molecule has 6 aliphatic heterocycles. The molecule has 6 aliphatic rings. The topological polar surface area (TPSA) is 226 Å². The van der Waals surface area contributed by atoms with Gasteiger partial charge in [0, 0.05) is 95.4 Å². The summed E-state index contributed by atoms with van der Waals surface area (Å²) >= 11 is 0. The Morgan fingerprint density at radius 1 is 0.333 bits per heavy atom. The predicted octanol–water partition coefficient (Wildman–Crippen LogP) is 18.0. The molecule has 13 aromatic rings. The molecule has 0 saturated carbocycles. The molecular weight excluding hydrogens is 1510 g/mol. The summed E-state index contributed by atoms with van der Waals surface area (Å²) in [5.41, 5.74) is 7.56. The molecule has 6 heterocycles. The van der Waals surface area contributed by atoms with Crippen molar-refractivity contribution in [1.29, 1.82) is 0 Å². The van der Waals surface area contributed by atoms with Gasteiger partial charge in [-0.2, -0.15) is 0 Å². The number of ether oxygens (including phenoxy) is 8. The molecule has 0 aliphatic carbocycles. The number of epoxide rings is 4. The van der Waals surface area contributed by atoms with Gasteiger partial charge in [-0.05, 0) is 142 Å². The Labute approximate surface area is 694 Å². The summed E-state index contributed by atoms with van der Waals surface area (Å²) in [6.07, 6.45) is 0.549. The number of hydrogen-bond donors (Lipinski definition) is 2. The van der Waals surface area contributed by atoms with Gasteiger partial charge in [0.1, 0.15) is 58.1 Å². The Hall–Kier alpha value is -12.7. The standard InChI is InChI=1S/C100H90N6O14/c1-59(2)45-81(95(107)101-41-43-103(51-73-55-113-73)52-74-56-114-74)105-97(109)77-47-83(117-69-33-25-65(26-34-69)61-17-9-5-10-18-61)89-91-85(119-71-37-29-67(30-38-71)63-21-13-7-14-22-63)49-79-88-80(100(112)106(99(79)111)82(46-60(3)4)96(108)102-42-44-104(53-75-57-115-75)54-76-58-116-76)50-86(120-72-39-31-68(32-40-72)64-23-15-8-16-24-64)92(94(88)91)90-84(48-78(98(105)110)87(77)93(89)90)118-70-35-27-66(28-36-70)62-19-11-6-12-20-62/h5-40,47-50,59-60,73-76,81-82H,41-46,51-58H2,1-4H3,(H,101,107)(H,102,108). The van der Waals surface area contributed by atoms with Gasteiger partial charge in [-0.1, -0.05) is 198 Å². The number of nitrogens with zero attached hydrogens (tertiary/aromatic N) is 4. The van der Waals surface area contributed by atoms with Crippen molar-refractivity contribution in [3.63, 3.8) is 0 Å². The molecule has 0 bridgehead atoms. The zero-order valence-electron chi connectivity index (χ0n) is 67.1. The highest BCUT2D eigenvalue weighted by atomic mass is 16.6. The largest absolute Gasteiger partial charge is 0.457 e. The van der Waals surface area contributed by atoms with Crippen LogP contribution in [0.3, 0.4) is 0 Å². The molecule has 20 nitrogen and oxygen atoms in total. The molecule has 6 atom stereocenters. The van der Waals surface area contributed by atoms with E-state index in [2.05, 4.69) is 20.4 Å². The number of rotatable bonds is 34. The van der Waals surface area contributed by atoms with Gasteiger partial charge in [0.15, 0.2) is 0 Å². The fraction of sp³-hybridized carbons (Fsp3) is 0.260. The number of carbonyl (C=O) groups excluding carboxylic acids is 6. The van der Waals surface area contributed by atoms with Crippen molar-refractivity contribution in [3.05, 3.63) is 265 Å². The third kappa shape index (κ3) is 16.0. The molecule has 20 heteroatoms. The van der Waals surface area contributed by atoms with Gasteiger partial charge >= 0.3 is 0 Å². The second-order valence-corrected chi connectivity index (χ2v) is 32.8. The molecule has 120 heavy (non-hydrogen) atoms. The Balaban J connectivity index is 0.871. The Morgan fingerprint density at radius 3 is 0.775 bits per heavy atom. The van der Waals surface area contributed by atoms with E-state index in [1.807, 2.05) is 246 Å². The lowest BCUT2D eigenvalue weighted by Crippen LogP contribution is -2.55. The molecule has 604 valence electrons. The van der Waals surface area contributed by atoms with Crippen molar-refractivity contribution < 1.29 is 66.7 Å². The number of fused-ring (bicyclic) bond motifs is 2. The van der Waals surface area contributed by atoms with Crippen LogP contribution in [0.1, 0.15) is 82.0 Å². The maximum atomic E-state index is 16.8. The van der Waals surface area contributed by atoms with Gasteiger partial charge in [0.2, 0.25) is 11.8 Å². The van der Waals surface area contributed by atoms with Crippen LogP contribution >= 0.6 is 0 Å². The van der Waals surface area contributed by atoms with Crippen LogP contribution in [-0.2, 0) is 28.5 Å². The highest BCUT2D eigenvalue weighted by molar-refractivity contribution is 6.45. The van der Waals surface area contributed by atoms with Crippen LogP contribution in [0.2, 0.25) is 0 Å². The van der Waals surface area contributed by atoms with E-state index in [1.54, 1.807) is 24.3 Å². The van der Waals surface area contributed by atoms with Crippen molar-refractivity contribution >= 4 is 78.5 Å². The average Bonchev–Trinajstić information content (AvgIpc) is 0.931. The monoisotopic (exact) mass is 1600 g/mol. The van der Waals surface area contributed by atoms with E-state index < -0.39 is 47.5 Å². The normalized spacial score (nSPS) is 17.6. The Morgan fingerprint density at radius 2 is 0.558 bits per heavy atom. The zero-order valence-corrected chi connectivity index (χ0v) is 67.1. The fourth-order valence-corrected chi connectivity index (χ4v) is 17.1. The third-order valence-corrected chi connectivity index (χ3v) is 23.2. The predicted molar refractivity (Wildman–Crippen MR) is 461 cm³/mol. The number of carbonyl (C=O) groups is 6. The lowest BCUT2D eigenvalue weighted by molar-refractivity contribution is -0.126. The second kappa shape index (κ2) is 32.9. The van der Waals surface area contributed by atoms with Crippen LogP contribution in [0.5, 0.6) is 46.0 Å².